The van der Waals surface area contributed by atoms with E-state index in [0.717, 1.165) is 5.56 Å². The van der Waals surface area contributed by atoms with Gasteiger partial charge in [0, 0.05) is 0 Å². The van der Waals surface area contributed by atoms with Crippen LogP contribution in [0.2, 0.25) is 0 Å². The van der Waals surface area contributed by atoms with Gasteiger partial charge < -0.3 is 0 Å². The molecule has 0 unspecified atom stereocenters. The molecule has 0 heterocycles. The molecule has 1 aromatic rings. The average molecular weight is 207 g/mol. The zero-order chi connectivity index (χ0) is 11.5. The number of nitrogens with one attached hydrogen (secondary N) is 1. The zero-order valence-electron chi connectivity index (χ0n) is 9.37. The van der Waals surface area contributed by atoms with Gasteiger partial charge in [-0.15, -0.1) is 0 Å². The Kier molecular flexibility index (Phi) is 3.48. The Morgan fingerprint density at radius 1 is 1.27 bits per heavy atom. The zero-order valence-corrected chi connectivity index (χ0v) is 9.37. The van der Waals surface area contributed by atoms with E-state index in [0.29, 0.717) is 0 Å². The molecule has 0 aromatic heterocycles. The fourth-order valence-electron chi connectivity index (χ4n) is 1.35. The molecule has 0 saturated heterocycles. The minimum atomic E-state index is -0.390. The van der Waals surface area contributed by atoms with Gasteiger partial charge >= 0.3 is 0 Å². The van der Waals surface area contributed by atoms with E-state index >= 15 is 0 Å². The number of carbonyl (C=O) groups excluding carboxylic acids is 1. The Bertz CT molecular complexity index is 336. The fourth-order valence-corrected chi connectivity index (χ4v) is 1.35. The van der Waals surface area contributed by atoms with Crippen LogP contribution in [-0.2, 0) is 16.6 Å². The van der Waals surface area contributed by atoms with Crippen molar-refractivity contribution in [3.63, 3.8) is 0 Å². The summed E-state index contributed by atoms with van der Waals surface area (Å²) in [7, 11) is 0. The Hall–Kier alpha value is -1.35. The van der Waals surface area contributed by atoms with Gasteiger partial charge in [-0.2, -0.15) is 0 Å². The van der Waals surface area contributed by atoms with Crippen molar-refractivity contribution < 1.29 is 10.0 Å². The van der Waals surface area contributed by atoms with Crippen molar-refractivity contribution in [2.75, 3.05) is 0 Å². The molecule has 82 valence electrons. The smallest absolute Gasteiger partial charge is 0.247 e. The van der Waals surface area contributed by atoms with Gasteiger partial charge in [-0.1, -0.05) is 45.0 Å². The largest absolute Gasteiger partial charge is 0.289 e. The van der Waals surface area contributed by atoms with Crippen LogP contribution < -0.4 is 5.48 Å². The number of carbonyl (C=O) groups is 1. The molecule has 15 heavy (non-hydrogen) atoms. The number of benzene rings is 1. The second kappa shape index (κ2) is 4.45. The number of amides is 1. The summed E-state index contributed by atoms with van der Waals surface area (Å²) < 4.78 is 0. The summed E-state index contributed by atoms with van der Waals surface area (Å²) in [6.07, 6.45) is 0.209. The summed E-state index contributed by atoms with van der Waals surface area (Å²) >= 11 is 0. The highest BCUT2D eigenvalue weighted by molar-refractivity contribution is 5.77. The molecule has 1 aromatic carbocycles. The molecule has 0 aliphatic carbocycles. The van der Waals surface area contributed by atoms with E-state index in [1.165, 1.54) is 5.56 Å². The van der Waals surface area contributed by atoms with E-state index in [4.69, 9.17) is 5.21 Å². The summed E-state index contributed by atoms with van der Waals surface area (Å²) in [5, 5.41) is 8.38. The van der Waals surface area contributed by atoms with E-state index in [2.05, 4.69) is 20.8 Å². The highest BCUT2D eigenvalue weighted by atomic mass is 16.5. The lowest BCUT2D eigenvalue weighted by atomic mass is 9.86. The van der Waals surface area contributed by atoms with Crippen LogP contribution in [0.15, 0.2) is 24.3 Å². The van der Waals surface area contributed by atoms with E-state index in [-0.39, 0.29) is 11.8 Å². The maximum atomic E-state index is 10.9. The number of hydrogen-bond donors (Lipinski definition) is 2. The topological polar surface area (TPSA) is 49.3 Å². The Labute approximate surface area is 90.1 Å². The molecule has 0 atom stereocenters. The van der Waals surface area contributed by atoms with Gasteiger partial charge in [-0.3, -0.25) is 10.0 Å². The molecule has 0 aliphatic rings. The molecule has 0 saturated carbocycles. The monoisotopic (exact) mass is 207 g/mol. The van der Waals surface area contributed by atoms with Crippen LogP contribution in [0.1, 0.15) is 31.9 Å². The minimum absolute atomic E-state index is 0.123. The molecule has 3 heteroatoms. The second-order valence-corrected chi connectivity index (χ2v) is 4.66. The quantitative estimate of drug-likeness (QED) is 0.576. The average Bonchev–Trinajstić information content (AvgIpc) is 2.17. The van der Waals surface area contributed by atoms with Crippen LogP contribution in [0, 0.1) is 0 Å². The third kappa shape index (κ3) is 3.36. The van der Waals surface area contributed by atoms with E-state index in [9.17, 15) is 4.79 Å². The van der Waals surface area contributed by atoms with Crippen molar-refractivity contribution in [1.29, 1.82) is 0 Å². The van der Waals surface area contributed by atoms with E-state index in [1.807, 2.05) is 24.3 Å². The third-order valence-electron chi connectivity index (χ3n) is 2.31. The summed E-state index contributed by atoms with van der Waals surface area (Å²) in [6, 6.07) is 7.85. The molecule has 0 aliphatic heterocycles. The van der Waals surface area contributed by atoms with Crippen LogP contribution in [0.25, 0.3) is 0 Å². The Morgan fingerprint density at radius 3 is 2.20 bits per heavy atom. The second-order valence-electron chi connectivity index (χ2n) is 4.66. The normalized spacial score (nSPS) is 11.2. The van der Waals surface area contributed by atoms with Crippen molar-refractivity contribution in [2.24, 2.45) is 0 Å². The Morgan fingerprint density at radius 2 is 1.80 bits per heavy atom. The maximum absolute atomic E-state index is 10.9. The maximum Gasteiger partial charge on any atom is 0.247 e. The first-order valence-electron chi connectivity index (χ1n) is 4.96. The highest BCUT2D eigenvalue weighted by Gasteiger charge is 2.13. The lowest BCUT2D eigenvalue weighted by Crippen LogP contribution is -2.20. The van der Waals surface area contributed by atoms with Crippen LogP contribution in [0.3, 0.4) is 0 Å². The first-order chi connectivity index (χ1) is 6.93. The standard InChI is InChI=1S/C12H17NO2/c1-12(2,3)10-6-4-9(5-7-10)8-11(14)13-15/h4-7,15H,8H2,1-3H3,(H,13,14). The van der Waals surface area contributed by atoms with Gasteiger partial charge in [-0.05, 0) is 16.5 Å². The van der Waals surface area contributed by atoms with E-state index in [1.54, 1.807) is 5.48 Å². The summed E-state index contributed by atoms with van der Waals surface area (Å²) in [6.45, 7) is 6.42. The van der Waals surface area contributed by atoms with Crippen molar-refractivity contribution in [2.45, 2.75) is 32.6 Å². The van der Waals surface area contributed by atoms with Crippen LogP contribution in [0.5, 0.6) is 0 Å². The molecular weight excluding hydrogens is 190 g/mol. The summed E-state index contributed by atoms with van der Waals surface area (Å²) in [4.78, 5) is 10.9. The van der Waals surface area contributed by atoms with Crippen molar-refractivity contribution in [1.82, 2.24) is 5.48 Å². The van der Waals surface area contributed by atoms with Crippen LogP contribution in [-0.4, -0.2) is 11.1 Å². The van der Waals surface area contributed by atoms with Crippen LogP contribution in [0.4, 0.5) is 0 Å². The van der Waals surface area contributed by atoms with Crippen molar-refractivity contribution >= 4 is 5.91 Å². The molecule has 1 rings (SSSR count). The number of hydrogen-bond acceptors (Lipinski definition) is 2. The minimum Gasteiger partial charge on any atom is -0.289 e. The first kappa shape index (κ1) is 11.7. The molecule has 2 N–H and O–H groups in total. The van der Waals surface area contributed by atoms with Gasteiger partial charge in [0.25, 0.3) is 0 Å². The molecule has 1 amide bonds. The van der Waals surface area contributed by atoms with Gasteiger partial charge in [0.05, 0.1) is 6.42 Å². The molecule has 0 fully saturated rings. The number of hydroxylamine groups is 1. The number of rotatable bonds is 2. The molecule has 0 spiro atoms. The van der Waals surface area contributed by atoms with Gasteiger partial charge in [0.15, 0.2) is 0 Å². The lowest BCUT2D eigenvalue weighted by Gasteiger charge is -2.19. The van der Waals surface area contributed by atoms with Crippen molar-refractivity contribution in [3.05, 3.63) is 35.4 Å². The molecule has 3 nitrogen and oxygen atoms in total. The third-order valence-corrected chi connectivity index (χ3v) is 2.31. The van der Waals surface area contributed by atoms with Gasteiger partial charge in [0.2, 0.25) is 5.91 Å². The predicted octanol–water partition coefficient (Wildman–Crippen LogP) is 2.03. The fraction of sp³-hybridized carbons (Fsp3) is 0.417. The van der Waals surface area contributed by atoms with Gasteiger partial charge in [-0.25, -0.2) is 5.48 Å². The van der Waals surface area contributed by atoms with E-state index < -0.39 is 5.91 Å². The summed E-state index contributed by atoms with van der Waals surface area (Å²) in [5.74, 6) is -0.390. The molecule has 0 bridgehead atoms. The first-order valence-corrected chi connectivity index (χ1v) is 4.96. The Balaban J connectivity index is 2.77. The molecule has 0 radical (unpaired) electrons. The van der Waals surface area contributed by atoms with Gasteiger partial charge in [0.1, 0.15) is 0 Å². The lowest BCUT2D eigenvalue weighted by molar-refractivity contribution is -0.128. The van der Waals surface area contributed by atoms with Crippen LogP contribution >= 0.6 is 0 Å². The summed E-state index contributed by atoms with van der Waals surface area (Å²) in [5.41, 5.74) is 3.87. The highest BCUT2D eigenvalue weighted by Crippen LogP contribution is 2.22. The van der Waals surface area contributed by atoms with Crippen molar-refractivity contribution in [3.8, 4) is 0 Å². The predicted molar refractivity (Wildman–Crippen MR) is 58.8 cm³/mol. The SMILES string of the molecule is CC(C)(C)c1ccc(CC(=O)NO)cc1. The molecular formula is C12H17NO2.